The van der Waals surface area contributed by atoms with Crippen LogP contribution in [0.25, 0.3) is 6.08 Å². The SMILES string of the molecule is CCc1ccc(N=C2S/C(=C/c3cccc(OC)c3)C(=O)N2c2ccc(CC)cc2)cc1. The van der Waals surface area contributed by atoms with Gasteiger partial charge in [0.15, 0.2) is 5.17 Å². The molecular formula is C27H26N2O2S. The van der Waals surface area contributed by atoms with Crippen molar-refractivity contribution < 1.29 is 9.53 Å². The second-order valence-corrected chi connectivity index (χ2v) is 8.47. The number of amidine groups is 1. The summed E-state index contributed by atoms with van der Waals surface area (Å²) in [5, 5.41) is 0.651. The lowest BCUT2D eigenvalue weighted by molar-refractivity contribution is -0.113. The summed E-state index contributed by atoms with van der Waals surface area (Å²) in [4.78, 5) is 20.6. The second kappa shape index (κ2) is 9.88. The maximum absolute atomic E-state index is 13.4. The van der Waals surface area contributed by atoms with Gasteiger partial charge in [-0.25, -0.2) is 4.99 Å². The standard InChI is InChI=1S/C27H26N2O2S/c1-4-19-9-13-22(14-10-19)28-27-29(23-15-11-20(5-2)12-16-23)26(30)25(32-27)18-21-7-6-8-24(17-21)31-3/h6-18H,4-5H2,1-3H3/b25-18+,28-27?. The van der Waals surface area contributed by atoms with Crippen LogP contribution in [0.2, 0.25) is 0 Å². The van der Waals surface area contributed by atoms with Crippen LogP contribution in [0.5, 0.6) is 5.75 Å². The Labute approximate surface area is 193 Å². The van der Waals surface area contributed by atoms with Crippen LogP contribution >= 0.6 is 11.8 Å². The molecule has 0 N–H and O–H groups in total. The van der Waals surface area contributed by atoms with Gasteiger partial charge in [-0.3, -0.25) is 9.69 Å². The largest absolute Gasteiger partial charge is 0.497 e. The summed E-state index contributed by atoms with van der Waals surface area (Å²) < 4.78 is 5.32. The molecule has 162 valence electrons. The normalized spacial score (nSPS) is 16.2. The fraction of sp³-hybridized carbons (Fsp3) is 0.185. The molecule has 1 saturated heterocycles. The quantitative estimate of drug-likeness (QED) is 0.402. The molecule has 0 saturated carbocycles. The topological polar surface area (TPSA) is 41.9 Å². The number of ether oxygens (including phenoxy) is 1. The molecule has 1 heterocycles. The fourth-order valence-corrected chi connectivity index (χ4v) is 4.46. The molecule has 0 atom stereocenters. The van der Waals surface area contributed by atoms with E-state index in [-0.39, 0.29) is 5.91 Å². The Hall–Kier alpha value is -3.31. The van der Waals surface area contributed by atoms with Crippen LogP contribution in [-0.4, -0.2) is 18.2 Å². The van der Waals surface area contributed by atoms with E-state index in [1.165, 1.54) is 22.9 Å². The first kappa shape index (κ1) is 21.9. The smallest absolute Gasteiger partial charge is 0.271 e. The first-order valence-electron chi connectivity index (χ1n) is 10.8. The van der Waals surface area contributed by atoms with Crippen molar-refractivity contribution in [2.75, 3.05) is 12.0 Å². The van der Waals surface area contributed by atoms with Crippen LogP contribution in [0.3, 0.4) is 0 Å². The summed E-state index contributed by atoms with van der Waals surface area (Å²) in [5.41, 5.74) is 5.05. The highest BCUT2D eigenvalue weighted by Crippen LogP contribution is 2.37. The molecule has 3 aromatic carbocycles. The number of methoxy groups -OCH3 is 1. The Bertz CT molecular complexity index is 1170. The van der Waals surface area contributed by atoms with E-state index in [9.17, 15) is 4.79 Å². The lowest BCUT2D eigenvalue weighted by Gasteiger charge is -2.16. The zero-order chi connectivity index (χ0) is 22.5. The zero-order valence-electron chi connectivity index (χ0n) is 18.5. The Morgan fingerprint density at radius 2 is 1.59 bits per heavy atom. The Morgan fingerprint density at radius 1 is 0.938 bits per heavy atom. The van der Waals surface area contributed by atoms with Crippen molar-refractivity contribution in [1.82, 2.24) is 0 Å². The maximum Gasteiger partial charge on any atom is 0.271 e. The Morgan fingerprint density at radius 3 is 2.22 bits per heavy atom. The van der Waals surface area contributed by atoms with E-state index < -0.39 is 0 Å². The molecule has 1 amide bonds. The van der Waals surface area contributed by atoms with E-state index in [0.717, 1.165) is 35.5 Å². The van der Waals surface area contributed by atoms with Crippen molar-refractivity contribution in [1.29, 1.82) is 0 Å². The van der Waals surface area contributed by atoms with Gasteiger partial charge in [0.25, 0.3) is 5.91 Å². The van der Waals surface area contributed by atoms with Gasteiger partial charge in [-0.1, -0.05) is 50.2 Å². The van der Waals surface area contributed by atoms with Crippen molar-refractivity contribution in [3.05, 3.63) is 94.4 Å². The molecule has 0 unspecified atom stereocenters. The second-order valence-electron chi connectivity index (χ2n) is 7.46. The molecule has 5 heteroatoms. The molecule has 0 spiro atoms. The number of carbonyl (C=O) groups is 1. The number of rotatable bonds is 6. The fourth-order valence-electron chi connectivity index (χ4n) is 3.46. The summed E-state index contributed by atoms with van der Waals surface area (Å²) >= 11 is 1.39. The lowest BCUT2D eigenvalue weighted by atomic mass is 10.1. The van der Waals surface area contributed by atoms with Crippen LogP contribution < -0.4 is 9.64 Å². The molecular weight excluding hydrogens is 416 g/mol. The molecule has 0 aromatic heterocycles. The van der Waals surface area contributed by atoms with E-state index in [4.69, 9.17) is 9.73 Å². The zero-order valence-corrected chi connectivity index (χ0v) is 19.4. The molecule has 4 nitrogen and oxygen atoms in total. The molecule has 0 aliphatic carbocycles. The van der Waals surface area contributed by atoms with Crippen LogP contribution in [-0.2, 0) is 17.6 Å². The summed E-state index contributed by atoms with van der Waals surface area (Å²) in [7, 11) is 1.64. The highest BCUT2D eigenvalue weighted by molar-refractivity contribution is 8.19. The molecule has 32 heavy (non-hydrogen) atoms. The number of aliphatic imine (C=N–C) groups is 1. The minimum atomic E-state index is -0.0778. The molecule has 1 aliphatic rings. The minimum Gasteiger partial charge on any atom is -0.497 e. The number of anilines is 1. The van der Waals surface area contributed by atoms with Gasteiger partial charge in [0.05, 0.1) is 23.4 Å². The Kier molecular flexibility index (Phi) is 6.76. The number of benzene rings is 3. The first-order valence-corrected chi connectivity index (χ1v) is 11.6. The third kappa shape index (κ3) is 4.78. The summed E-state index contributed by atoms with van der Waals surface area (Å²) in [6.45, 7) is 4.25. The van der Waals surface area contributed by atoms with Gasteiger partial charge in [0.1, 0.15) is 5.75 Å². The van der Waals surface area contributed by atoms with Gasteiger partial charge in [0.2, 0.25) is 0 Å². The summed E-state index contributed by atoms with van der Waals surface area (Å²) in [6.07, 6.45) is 3.83. The number of amides is 1. The van der Waals surface area contributed by atoms with Gasteiger partial charge in [-0.05, 0) is 83.8 Å². The first-order chi connectivity index (χ1) is 15.6. The number of carbonyl (C=O) groups excluding carboxylic acids is 1. The van der Waals surface area contributed by atoms with E-state index >= 15 is 0 Å². The van der Waals surface area contributed by atoms with Crippen molar-refractivity contribution in [2.45, 2.75) is 26.7 Å². The predicted octanol–water partition coefficient (Wildman–Crippen LogP) is 6.63. The van der Waals surface area contributed by atoms with Gasteiger partial charge in [0, 0.05) is 0 Å². The number of aryl methyl sites for hydroxylation is 2. The third-order valence-electron chi connectivity index (χ3n) is 5.37. The lowest BCUT2D eigenvalue weighted by Crippen LogP contribution is -2.28. The highest BCUT2D eigenvalue weighted by atomic mass is 32.2. The number of thioether (sulfide) groups is 1. The van der Waals surface area contributed by atoms with Crippen LogP contribution in [0.15, 0.2) is 82.7 Å². The molecule has 0 radical (unpaired) electrons. The van der Waals surface area contributed by atoms with Gasteiger partial charge in [-0.15, -0.1) is 0 Å². The maximum atomic E-state index is 13.4. The number of hydrogen-bond acceptors (Lipinski definition) is 4. The summed E-state index contributed by atoms with van der Waals surface area (Å²) in [5.74, 6) is 0.678. The van der Waals surface area contributed by atoms with Crippen LogP contribution in [0.4, 0.5) is 11.4 Å². The molecule has 3 aromatic rings. The molecule has 4 rings (SSSR count). The van der Waals surface area contributed by atoms with E-state index in [0.29, 0.717) is 10.1 Å². The van der Waals surface area contributed by atoms with Crippen LogP contribution in [0, 0.1) is 0 Å². The van der Waals surface area contributed by atoms with E-state index in [1.807, 2.05) is 54.6 Å². The predicted molar refractivity (Wildman–Crippen MR) is 135 cm³/mol. The van der Waals surface area contributed by atoms with Gasteiger partial charge >= 0.3 is 0 Å². The van der Waals surface area contributed by atoms with Crippen molar-refractivity contribution in [3.8, 4) is 5.75 Å². The summed E-state index contributed by atoms with van der Waals surface area (Å²) in [6, 6.07) is 23.9. The average molecular weight is 443 g/mol. The third-order valence-corrected chi connectivity index (χ3v) is 6.34. The number of hydrogen-bond donors (Lipinski definition) is 0. The molecule has 1 aliphatic heterocycles. The highest BCUT2D eigenvalue weighted by Gasteiger charge is 2.34. The monoisotopic (exact) mass is 442 g/mol. The van der Waals surface area contributed by atoms with E-state index in [2.05, 4.69) is 38.1 Å². The average Bonchev–Trinajstić information content (AvgIpc) is 3.14. The van der Waals surface area contributed by atoms with Gasteiger partial charge in [-0.2, -0.15) is 0 Å². The van der Waals surface area contributed by atoms with Crippen LogP contribution in [0.1, 0.15) is 30.5 Å². The van der Waals surface area contributed by atoms with Crippen molar-refractivity contribution >= 4 is 40.3 Å². The number of nitrogens with zero attached hydrogens (tertiary/aromatic N) is 2. The van der Waals surface area contributed by atoms with Gasteiger partial charge < -0.3 is 4.74 Å². The molecule has 1 fully saturated rings. The van der Waals surface area contributed by atoms with Crippen molar-refractivity contribution in [2.24, 2.45) is 4.99 Å². The van der Waals surface area contributed by atoms with E-state index in [1.54, 1.807) is 12.0 Å². The Balaban J connectivity index is 1.74. The van der Waals surface area contributed by atoms with Crippen molar-refractivity contribution in [3.63, 3.8) is 0 Å². The minimum absolute atomic E-state index is 0.0778. The molecule has 0 bridgehead atoms.